The lowest BCUT2D eigenvalue weighted by Gasteiger charge is -2.07. The molecule has 0 aliphatic rings. The average molecular weight is 239 g/mol. The third kappa shape index (κ3) is 2.13. The maximum atomic E-state index is 12.1. The van der Waals surface area contributed by atoms with Gasteiger partial charge in [-0.3, -0.25) is 4.79 Å². The normalized spacial score (nSPS) is 11.1. The van der Waals surface area contributed by atoms with Crippen molar-refractivity contribution in [2.75, 3.05) is 0 Å². The van der Waals surface area contributed by atoms with E-state index >= 15 is 0 Å². The Balaban J connectivity index is 2.65. The van der Waals surface area contributed by atoms with Gasteiger partial charge in [0, 0.05) is 22.2 Å². The first-order valence-electron chi connectivity index (χ1n) is 5.07. The van der Waals surface area contributed by atoms with Crippen LogP contribution >= 0.6 is 0 Å². The van der Waals surface area contributed by atoms with Crippen molar-refractivity contribution in [3.05, 3.63) is 39.7 Å². The Morgan fingerprint density at radius 3 is 2.65 bits per heavy atom. The lowest BCUT2D eigenvalue weighted by molar-refractivity contribution is -0.0497. The summed E-state index contributed by atoms with van der Waals surface area (Å²) < 4.78 is 28.4. The molecule has 5 heteroatoms. The second kappa shape index (κ2) is 4.16. The van der Waals surface area contributed by atoms with Crippen LogP contribution in [0.4, 0.5) is 8.78 Å². The van der Waals surface area contributed by atoms with Crippen LogP contribution in [0, 0.1) is 13.8 Å². The number of H-pyrrole nitrogens is 1. The molecule has 0 saturated heterocycles. The summed E-state index contributed by atoms with van der Waals surface area (Å²) in [6.45, 7) is 0.589. The van der Waals surface area contributed by atoms with Crippen molar-refractivity contribution >= 4 is 10.9 Å². The molecule has 2 aromatic rings. The van der Waals surface area contributed by atoms with E-state index in [4.69, 9.17) is 0 Å². The second-order valence-electron chi connectivity index (χ2n) is 3.79. The van der Waals surface area contributed by atoms with Crippen molar-refractivity contribution in [3.8, 4) is 5.75 Å². The molecule has 0 atom stereocenters. The molecule has 0 radical (unpaired) electrons. The molecular formula is C12H11F2NO2. The van der Waals surface area contributed by atoms with E-state index < -0.39 is 6.61 Å². The Morgan fingerprint density at radius 1 is 1.29 bits per heavy atom. The Labute approximate surface area is 96.0 Å². The minimum atomic E-state index is -2.89. The first kappa shape index (κ1) is 11.6. The van der Waals surface area contributed by atoms with Crippen LogP contribution in [0.5, 0.6) is 5.75 Å². The third-order valence-electron chi connectivity index (χ3n) is 2.69. The number of halogens is 2. The fourth-order valence-corrected chi connectivity index (χ4v) is 1.66. The number of aromatic nitrogens is 1. The van der Waals surface area contributed by atoms with Crippen LogP contribution in [0.3, 0.4) is 0 Å². The summed E-state index contributed by atoms with van der Waals surface area (Å²) in [7, 11) is 0. The molecule has 1 aromatic carbocycles. The highest BCUT2D eigenvalue weighted by Gasteiger charge is 2.09. The predicted molar refractivity (Wildman–Crippen MR) is 60.7 cm³/mol. The molecule has 3 nitrogen and oxygen atoms in total. The minimum Gasteiger partial charge on any atom is -0.435 e. The first-order chi connectivity index (χ1) is 7.99. The van der Waals surface area contributed by atoms with Crippen molar-refractivity contribution in [2.24, 2.45) is 0 Å². The lowest BCUT2D eigenvalue weighted by atomic mass is 10.1. The summed E-state index contributed by atoms with van der Waals surface area (Å²) in [5, 5.41) is 0.353. The molecule has 0 aliphatic heterocycles. The van der Waals surface area contributed by atoms with Crippen LogP contribution < -0.4 is 10.2 Å². The number of alkyl halides is 2. The van der Waals surface area contributed by atoms with E-state index in [1.165, 1.54) is 12.1 Å². The highest BCUT2D eigenvalue weighted by atomic mass is 19.3. The van der Waals surface area contributed by atoms with Crippen molar-refractivity contribution in [3.63, 3.8) is 0 Å². The van der Waals surface area contributed by atoms with Gasteiger partial charge < -0.3 is 9.72 Å². The van der Waals surface area contributed by atoms with Crippen molar-refractivity contribution in [1.82, 2.24) is 4.98 Å². The van der Waals surface area contributed by atoms with Gasteiger partial charge in [-0.2, -0.15) is 8.78 Å². The summed E-state index contributed by atoms with van der Waals surface area (Å²) in [5.41, 5.74) is 1.78. The maximum absolute atomic E-state index is 12.1. The van der Waals surface area contributed by atoms with Gasteiger partial charge in [-0.15, -0.1) is 0 Å². The van der Waals surface area contributed by atoms with Gasteiger partial charge in [0.05, 0.1) is 0 Å². The number of ether oxygens (including phenoxy) is 1. The molecule has 0 aliphatic carbocycles. The lowest BCUT2D eigenvalue weighted by Crippen LogP contribution is -2.10. The van der Waals surface area contributed by atoms with E-state index in [1.54, 1.807) is 19.9 Å². The Kier molecular flexibility index (Phi) is 2.83. The number of hydrogen-bond donors (Lipinski definition) is 1. The largest absolute Gasteiger partial charge is 0.435 e. The molecule has 0 fully saturated rings. The van der Waals surface area contributed by atoms with Crippen molar-refractivity contribution < 1.29 is 13.5 Å². The molecular weight excluding hydrogens is 228 g/mol. The number of aryl methyl sites for hydroxylation is 1. The summed E-state index contributed by atoms with van der Waals surface area (Å²) in [5.74, 6) is -0.0127. The highest BCUT2D eigenvalue weighted by molar-refractivity contribution is 5.80. The molecule has 90 valence electrons. The van der Waals surface area contributed by atoms with Crippen LogP contribution in [-0.2, 0) is 0 Å². The van der Waals surface area contributed by atoms with Gasteiger partial charge in [0.15, 0.2) is 5.43 Å². The summed E-state index contributed by atoms with van der Waals surface area (Å²) in [6, 6.07) is 4.28. The third-order valence-corrected chi connectivity index (χ3v) is 2.69. The maximum Gasteiger partial charge on any atom is 0.387 e. The number of fused-ring (bicyclic) bond motifs is 1. The van der Waals surface area contributed by atoms with Crippen LogP contribution in [0.1, 0.15) is 11.3 Å². The summed E-state index contributed by atoms with van der Waals surface area (Å²) in [6.07, 6.45) is 0. The van der Waals surface area contributed by atoms with Gasteiger partial charge >= 0.3 is 6.61 Å². The molecule has 2 rings (SSSR count). The van der Waals surface area contributed by atoms with E-state index in [0.717, 1.165) is 5.69 Å². The van der Waals surface area contributed by atoms with Gasteiger partial charge in [0.2, 0.25) is 0 Å². The topological polar surface area (TPSA) is 42.1 Å². The molecule has 1 heterocycles. The van der Waals surface area contributed by atoms with E-state index in [1.807, 2.05) is 0 Å². The van der Waals surface area contributed by atoms with Crippen LogP contribution in [0.2, 0.25) is 0 Å². The fourth-order valence-electron chi connectivity index (χ4n) is 1.66. The molecule has 0 bridgehead atoms. The zero-order chi connectivity index (χ0) is 12.6. The zero-order valence-corrected chi connectivity index (χ0v) is 9.38. The molecule has 17 heavy (non-hydrogen) atoms. The van der Waals surface area contributed by atoms with E-state index in [-0.39, 0.29) is 11.2 Å². The highest BCUT2D eigenvalue weighted by Crippen LogP contribution is 2.19. The van der Waals surface area contributed by atoms with E-state index in [9.17, 15) is 13.6 Å². The standard InChI is InChI=1S/C12H11F2NO2/c1-6-7(2)15-10-4-3-8(17-12(13)14)5-9(10)11(6)16/h3-5,12H,1-2H3,(H,15,16). The minimum absolute atomic E-state index is 0.0127. The van der Waals surface area contributed by atoms with Crippen LogP contribution in [-0.4, -0.2) is 11.6 Å². The molecule has 1 N–H and O–H groups in total. The molecule has 0 saturated carbocycles. The van der Waals surface area contributed by atoms with Crippen LogP contribution in [0.25, 0.3) is 10.9 Å². The zero-order valence-electron chi connectivity index (χ0n) is 9.38. The number of rotatable bonds is 2. The average Bonchev–Trinajstić information content (AvgIpc) is 2.26. The smallest absolute Gasteiger partial charge is 0.387 e. The Morgan fingerprint density at radius 2 is 2.00 bits per heavy atom. The van der Waals surface area contributed by atoms with Crippen molar-refractivity contribution in [1.29, 1.82) is 0 Å². The number of aromatic amines is 1. The number of nitrogens with one attached hydrogen (secondary N) is 1. The summed E-state index contributed by atoms with van der Waals surface area (Å²) >= 11 is 0. The van der Waals surface area contributed by atoms with Gasteiger partial charge in [-0.25, -0.2) is 0 Å². The second-order valence-corrected chi connectivity index (χ2v) is 3.79. The van der Waals surface area contributed by atoms with Gasteiger partial charge in [-0.05, 0) is 32.0 Å². The van der Waals surface area contributed by atoms with Gasteiger partial charge in [0.1, 0.15) is 5.75 Å². The Bertz CT molecular complexity index is 620. The SMILES string of the molecule is Cc1[nH]c2ccc(OC(F)F)cc2c(=O)c1C. The monoisotopic (exact) mass is 239 g/mol. The quantitative estimate of drug-likeness (QED) is 0.875. The number of hydrogen-bond acceptors (Lipinski definition) is 2. The predicted octanol–water partition coefficient (Wildman–Crippen LogP) is 2.75. The van der Waals surface area contributed by atoms with Crippen LogP contribution in [0.15, 0.2) is 23.0 Å². The first-order valence-corrected chi connectivity index (χ1v) is 5.07. The number of benzene rings is 1. The van der Waals surface area contributed by atoms with E-state index in [2.05, 4.69) is 9.72 Å². The summed E-state index contributed by atoms with van der Waals surface area (Å²) in [4.78, 5) is 15.0. The van der Waals surface area contributed by atoms with E-state index in [0.29, 0.717) is 16.5 Å². The number of pyridine rings is 1. The van der Waals surface area contributed by atoms with Gasteiger partial charge in [-0.1, -0.05) is 0 Å². The molecule has 0 amide bonds. The molecule has 0 unspecified atom stereocenters. The Hall–Kier alpha value is -1.91. The van der Waals surface area contributed by atoms with Crippen molar-refractivity contribution in [2.45, 2.75) is 20.5 Å². The van der Waals surface area contributed by atoms with Gasteiger partial charge in [0.25, 0.3) is 0 Å². The fraction of sp³-hybridized carbons (Fsp3) is 0.250. The molecule has 0 spiro atoms. The molecule has 1 aromatic heterocycles.